The van der Waals surface area contributed by atoms with E-state index in [1.807, 2.05) is 13.8 Å². The Morgan fingerprint density at radius 3 is 2.38 bits per heavy atom. The molecule has 1 heterocycles. The van der Waals surface area contributed by atoms with E-state index in [-0.39, 0.29) is 30.3 Å². The summed E-state index contributed by atoms with van der Waals surface area (Å²) in [7, 11) is -4.00. The second-order valence-corrected chi connectivity index (χ2v) is 11.2. The number of hydrogen-bond acceptors (Lipinski definition) is 8. The van der Waals surface area contributed by atoms with Crippen molar-refractivity contribution >= 4 is 28.1 Å². The number of amides is 3. The van der Waals surface area contributed by atoms with E-state index in [0.717, 1.165) is 10.7 Å². The highest BCUT2D eigenvalue weighted by atomic mass is 32.2. The van der Waals surface area contributed by atoms with Gasteiger partial charge in [-0.2, -0.15) is 0 Å². The fourth-order valence-electron chi connectivity index (χ4n) is 5.93. The van der Waals surface area contributed by atoms with Crippen LogP contribution in [0.4, 0.5) is 9.59 Å². The fraction of sp³-hybridized carbons (Fsp3) is 0.850. The Kier molecular flexibility index (Phi) is 6.42. The fourth-order valence-corrected chi connectivity index (χ4v) is 8.48. The van der Waals surface area contributed by atoms with E-state index >= 15 is 0 Å². The van der Waals surface area contributed by atoms with Gasteiger partial charge in [0.1, 0.15) is 0 Å². The normalized spacial score (nSPS) is 30.9. The van der Waals surface area contributed by atoms with Crippen LogP contribution in [0.5, 0.6) is 0 Å². The summed E-state index contributed by atoms with van der Waals surface area (Å²) in [5.74, 6) is -0.853. The first-order valence-electron chi connectivity index (χ1n) is 11.0. The van der Waals surface area contributed by atoms with Crippen molar-refractivity contribution < 1.29 is 37.4 Å². The molecule has 11 nitrogen and oxygen atoms in total. The molecule has 32 heavy (non-hydrogen) atoms. The summed E-state index contributed by atoms with van der Waals surface area (Å²) in [5, 5.41) is 11.0. The number of nitrogens with one attached hydrogen (secondary N) is 1. The number of hydrogen-bond donors (Lipinski definition) is 2. The predicted octanol–water partition coefficient (Wildman–Crippen LogP) is 1.22. The maximum atomic E-state index is 13.7. The van der Waals surface area contributed by atoms with Crippen molar-refractivity contribution in [2.45, 2.75) is 72.1 Å². The first-order chi connectivity index (χ1) is 14.8. The molecule has 2 saturated carbocycles. The summed E-state index contributed by atoms with van der Waals surface area (Å²) in [6.07, 6.45) is -1.53. The number of carbonyl (C=O) groups is 3. The zero-order valence-corrected chi connectivity index (χ0v) is 20.0. The van der Waals surface area contributed by atoms with Gasteiger partial charge in [-0.1, -0.05) is 13.8 Å². The first-order valence-corrected chi connectivity index (χ1v) is 12.6. The van der Waals surface area contributed by atoms with E-state index in [0.29, 0.717) is 17.9 Å². The lowest BCUT2D eigenvalue weighted by atomic mass is 9.69. The Morgan fingerprint density at radius 2 is 1.84 bits per heavy atom. The highest BCUT2D eigenvalue weighted by Crippen LogP contribution is 2.70. The van der Waals surface area contributed by atoms with Crippen LogP contribution in [0.3, 0.4) is 0 Å². The molecule has 3 amide bonds. The number of hydrazine groups is 1. The number of nitrogens with zero attached hydrogens (tertiary/aromatic N) is 2. The molecule has 0 aromatic heterocycles. The average Bonchev–Trinajstić information content (AvgIpc) is 3.15. The molecule has 3 fully saturated rings. The van der Waals surface area contributed by atoms with Gasteiger partial charge in [-0.25, -0.2) is 32.7 Å². The standard InChI is InChI=1S/C20H33N3O8S/c1-6-30-17(26)21-22(18(27)31-7-2)15(12(3)24)16(25)23-14-10-13-8-9-20(14,19(13,4)5)11-32(23,28)29/h12-15,24H,6-11H2,1-5H3,(H,21,26)/t12-,13-,14+,15+,20-/m1/s1. The number of rotatable bonds is 5. The van der Waals surface area contributed by atoms with Crippen LogP contribution in [0, 0.1) is 16.7 Å². The third-order valence-corrected chi connectivity index (χ3v) is 9.48. The van der Waals surface area contributed by atoms with Gasteiger partial charge >= 0.3 is 12.2 Å². The highest BCUT2D eigenvalue weighted by Gasteiger charge is 2.72. The van der Waals surface area contributed by atoms with Gasteiger partial charge in [0.2, 0.25) is 10.0 Å². The third kappa shape index (κ3) is 3.60. The van der Waals surface area contributed by atoms with Crippen LogP contribution in [0.25, 0.3) is 0 Å². The molecule has 1 spiro atoms. The van der Waals surface area contributed by atoms with Crippen molar-refractivity contribution in [3.8, 4) is 0 Å². The van der Waals surface area contributed by atoms with Crippen LogP contribution in [-0.2, 0) is 24.3 Å². The van der Waals surface area contributed by atoms with E-state index in [4.69, 9.17) is 9.47 Å². The van der Waals surface area contributed by atoms with Gasteiger partial charge in [-0.15, -0.1) is 0 Å². The van der Waals surface area contributed by atoms with Crippen molar-refractivity contribution in [1.82, 2.24) is 14.7 Å². The first kappa shape index (κ1) is 24.6. The van der Waals surface area contributed by atoms with Gasteiger partial charge in [-0.05, 0) is 51.4 Å². The van der Waals surface area contributed by atoms with E-state index < -0.39 is 51.7 Å². The molecular weight excluding hydrogens is 442 g/mol. The summed E-state index contributed by atoms with van der Waals surface area (Å²) in [4.78, 5) is 38.3. The zero-order valence-electron chi connectivity index (χ0n) is 19.2. The molecular formula is C20H33N3O8S. The maximum absolute atomic E-state index is 13.7. The van der Waals surface area contributed by atoms with Crippen molar-refractivity contribution in [1.29, 1.82) is 0 Å². The van der Waals surface area contributed by atoms with Gasteiger partial charge in [0, 0.05) is 5.41 Å². The smallest absolute Gasteiger partial charge is 0.429 e. The van der Waals surface area contributed by atoms with Crippen molar-refractivity contribution in [2.75, 3.05) is 19.0 Å². The van der Waals surface area contributed by atoms with Crippen LogP contribution >= 0.6 is 0 Å². The lowest BCUT2D eigenvalue weighted by Gasteiger charge is -2.38. The minimum absolute atomic E-state index is 0.00262. The Hall–Kier alpha value is -2.08. The second kappa shape index (κ2) is 8.36. The Morgan fingerprint density at radius 1 is 1.22 bits per heavy atom. The SMILES string of the molecule is CCOC(=O)NN(C(=O)OCC)[C@H](C(=O)N1[C@H]2C[C@H]3CC[C@]2(CS1(=O)=O)C3(C)C)[C@@H](C)O. The van der Waals surface area contributed by atoms with Crippen LogP contribution in [-0.4, -0.2) is 78.1 Å². The maximum Gasteiger partial charge on any atom is 0.429 e. The monoisotopic (exact) mass is 475 g/mol. The van der Waals surface area contributed by atoms with Gasteiger partial charge in [-0.3, -0.25) is 4.79 Å². The number of sulfonamides is 1. The van der Waals surface area contributed by atoms with E-state index in [1.54, 1.807) is 6.92 Å². The number of ether oxygens (including phenoxy) is 2. The largest absolute Gasteiger partial charge is 0.449 e. The number of aliphatic hydroxyl groups is 1. The molecule has 0 aromatic rings. The highest BCUT2D eigenvalue weighted by molar-refractivity contribution is 7.90. The summed E-state index contributed by atoms with van der Waals surface area (Å²) in [6, 6.07) is -2.27. The van der Waals surface area contributed by atoms with E-state index in [1.165, 1.54) is 13.8 Å². The summed E-state index contributed by atoms with van der Waals surface area (Å²) >= 11 is 0. The summed E-state index contributed by atoms with van der Waals surface area (Å²) in [5.41, 5.74) is 1.29. The minimum atomic E-state index is -4.00. The molecule has 3 aliphatic rings. The molecule has 3 rings (SSSR count). The van der Waals surface area contributed by atoms with Crippen molar-refractivity contribution in [3.05, 3.63) is 0 Å². The number of aliphatic hydroxyl groups excluding tert-OH is 1. The summed E-state index contributed by atoms with van der Waals surface area (Å²) < 4.78 is 37.0. The second-order valence-electron chi connectivity index (χ2n) is 9.34. The Bertz CT molecular complexity index is 889. The molecule has 2 N–H and O–H groups in total. The molecule has 1 aliphatic heterocycles. The van der Waals surface area contributed by atoms with Gasteiger partial charge < -0.3 is 14.6 Å². The average molecular weight is 476 g/mol. The van der Waals surface area contributed by atoms with Gasteiger partial charge in [0.05, 0.1) is 31.1 Å². The molecule has 0 radical (unpaired) electrons. The molecule has 2 bridgehead atoms. The molecule has 12 heteroatoms. The van der Waals surface area contributed by atoms with Crippen LogP contribution < -0.4 is 5.43 Å². The van der Waals surface area contributed by atoms with E-state index in [2.05, 4.69) is 5.43 Å². The topological polar surface area (TPSA) is 143 Å². The lowest BCUT2D eigenvalue weighted by Crippen LogP contribution is -2.63. The third-order valence-electron chi connectivity index (χ3n) is 7.57. The quantitative estimate of drug-likeness (QED) is 0.565. The minimum Gasteiger partial charge on any atom is -0.449 e. The molecule has 0 aromatic carbocycles. The Balaban J connectivity index is 1.99. The molecule has 182 valence electrons. The lowest BCUT2D eigenvalue weighted by molar-refractivity contribution is -0.139. The van der Waals surface area contributed by atoms with Gasteiger partial charge in [0.15, 0.2) is 6.04 Å². The molecule has 1 saturated heterocycles. The predicted molar refractivity (Wildman–Crippen MR) is 112 cm³/mol. The van der Waals surface area contributed by atoms with Crippen LogP contribution in [0.2, 0.25) is 0 Å². The molecule has 0 unspecified atom stereocenters. The molecule has 2 aliphatic carbocycles. The summed E-state index contributed by atoms with van der Waals surface area (Å²) in [6.45, 7) is 8.36. The number of carbonyl (C=O) groups excluding carboxylic acids is 3. The van der Waals surface area contributed by atoms with Crippen molar-refractivity contribution in [2.24, 2.45) is 16.7 Å². The van der Waals surface area contributed by atoms with Crippen LogP contribution in [0.1, 0.15) is 53.9 Å². The van der Waals surface area contributed by atoms with Gasteiger partial charge in [0.25, 0.3) is 5.91 Å². The van der Waals surface area contributed by atoms with Crippen LogP contribution in [0.15, 0.2) is 0 Å². The number of fused-ring (bicyclic) bond motifs is 1. The van der Waals surface area contributed by atoms with Crippen molar-refractivity contribution in [3.63, 3.8) is 0 Å². The molecule has 5 atom stereocenters. The Labute approximate surface area is 188 Å². The zero-order chi connectivity index (χ0) is 24.1. The van der Waals surface area contributed by atoms with E-state index in [9.17, 15) is 27.9 Å².